The van der Waals surface area contributed by atoms with Crippen molar-refractivity contribution in [1.82, 2.24) is 4.90 Å². The molecule has 2 N–H and O–H groups in total. The Labute approximate surface area is 89.6 Å². The molecule has 5 nitrogen and oxygen atoms in total. The van der Waals surface area contributed by atoms with Gasteiger partial charge in [0, 0.05) is 6.54 Å². The van der Waals surface area contributed by atoms with Gasteiger partial charge in [0.25, 0.3) is 0 Å². The van der Waals surface area contributed by atoms with Crippen molar-refractivity contribution in [3.8, 4) is 0 Å². The second-order valence-electron chi connectivity index (χ2n) is 3.68. The Bertz CT molecular complexity index is 239. The predicted octanol–water partition coefficient (Wildman–Crippen LogP) is 1.13. The molecule has 5 heteroatoms. The zero-order valence-corrected chi connectivity index (χ0v) is 9.41. The van der Waals surface area contributed by atoms with Crippen LogP contribution in [-0.4, -0.2) is 40.2 Å². The van der Waals surface area contributed by atoms with Crippen LogP contribution in [-0.2, 0) is 9.59 Å². The first-order valence-electron chi connectivity index (χ1n) is 4.88. The third kappa shape index (κ3) is 5.15. The summed E-state index contributed by atoms with van der Waals surface area (Å²) in [5.41, 5.74) is 0. The maximum absolute atomic E-state index is 10.6. The van der Waals surface area contributed by atoms with Gasteiger partial charge in [-0.3, -0.25) is 5.41 Å². The third-order valence-electron chi connectivity index (χ3n) is 1.97. The van der Waals surface area contributed by atoms with Crippen LogP contribution < -0.4 is 0 Å². The summed E-state index contributed by atoms with van der Waals surface area (Å²) in [6.45, 7) is 5.40. The van der Waals surface area contributed by atoms with E-state index >= 15 is 0 Å². The lowest BCUT2D eigenvalue weighted by Crippen LogP contribution is -2.38. The van der Waals surface area contributed by atoms with Crippen molar-refractivity contribution in [2.75, 3.05) is 6.54 Å². The van der Waals surface area contributed by atoms with Crippen molar-refractivity contribution in [2.24, 2.45) is 0 Å². The van der Waals surface area contributed by atoms with Gasteiger partial charge in [0.05, 0.1) is 5.84 Å². The number of carbonyl (C=O) groups is 2. The largest absolute Gasteiger partial charge is 0.480 e. The number of carboxylic acid groups (broad SMARTS) is 1. The van der Waals surface area contributed by atoms with Crippen LogP contribution in [0.2, 0.25) is 0 Å². The highest BCUT2D eigenvalue weighted by Crippen LogP contribution is 2.16. The van der Waals surface area contributed by atoms with Crippen LogP contribution in [0.5, 0.6) is 0 Å². The average Bonchev–Trinajstić information content (AvgIpc) is 2.49. The molecule has 15 heavy (non-hydrogen) atoms. The molecule has 0 aromatic rings. The predicted molar refractivity (Wildman–Crippen MR) is 57.1 cm³/mol. The molecule has 1 saturated heterocycles. The summed E-state index contributed by atoms with van der Waals surface area (Å²) in [6.07, 6.45) is 1.55. The molecule has 0 amide bonds. The molecule has 0 aromatic heterocycles. The molecule has 1 unspecified atom stereocenters. The third-order valence-corrected chi connectivity index (χ3v) is 1.97. The Kier molecular flexibility index (Phi) is 5.59. The number of likely N-dealkylation sites (tertiary alicyclic amines) is 1. The molecule has 1 rings (SSSR count). The lowest BCUT2D eigenvalue weighted by Gasteiger charge is -2.21. The number of ketones is 1. The molecule has 0 radical (unpaired) electrons. The second-order valence-corrected chi connectivity index (χ2v) is 3.68. The summed E-state index contributed by atoms with van der Waals surface area (Å²) in [5.74, 6) is -0.288. The molecular formula is C10H18N2O3. The fraction of sp³-hybridized carbons (Fsp3) is 0.700. The maximum atomic E-state index is 10.6. The number of nitrogens with one attached hydrogen (secondary N) is 1. The van der Waals surface area contributed by atoms with Crippen molar-refractivity contribution in [3.63, 3.8) is 0 Å². The number of hydrogen-bond donors (Lipinski definition) is 2. The van der Waals surface area contributed by atoms with E-state index in [-0.39, 0.29) is 5.78 Å². The Morgan fingerprint density at radius 1 is 1.33 bits per heavy atom. The van der Waals surface area contributed by atoms with E-state index in [1.165, 1.54) is 13.8 Å². The van der Waals surface area contributed by atoms with E-state index in [9.17, 15) is 9.59 Å². The van der Waals surface area contributed by atoms with Gasteiger partial charge in [-0.2, -0.15) is 0 Å². The molecule has 1 fully saturated rings. The summed E-state index contributed by atoms with van der Waals surface area (Å²) in [7, 11) is 0. The molecule has 0 saturated carbocycles. The summed E-state index contributed by atoms with van der Waals surface area (Å²) in [5, 5.41) is 16.0. The highest BCUT2D eigenvalue weighted by Gasteiger charge is 2.30. The number of amidine groups is 1. The number of carbonyl (C=O) groups excluding carboxylic acids is 1. The van der Waals surface area contributed by atoms with E-state index in [1.807, 2.05) is 0 Å². The molecule has 0 aliphatic carbocycles. The van der Waals surface area contributed by atoms with Crippen molar-refractivity contribution >= 4 is 17.6 Å². The van der Waals surface area contributed by atoms with Crippen molar-refractivity contribution in [2.45, 2.75) is 39.7 Å². The maximum Gasteiger partial charge on any atom is 0.326 e. The van der Waals surface area contributed by atoms with Crippen LogP contribution in [0.25, 0.3) is 0 Å². The van der Waals surface area contributed by atoms with Crippen LogP contribution in [0.3, 0.4) is 0 Å². The topological polar surface area (TPSA) is 81.5 Å². The Balaban J connectivity index is 0.000000423. The molecule has 1 atom stereocenters. The zero-order chi connectivity index (χ0) is 12.0. The van der Waals surface area contributed by atoms with Crippen molar-refractivity contribution in [3.05, 3.63) is 0 Å². The first kappa shape index (κ1) is 13.6. The first-order valence-corrected chi connectivity index (χ1v) is 4.88. The van der Waals surface area contributed by atoms with Crippen LogP contribution in [0, 0.1) is 5.41 Å². The normalized spacial score (nSPS) is 19.1. The standard InChI is InChI=1S/C7H12N2O2.C3H6O/c1-5(8)9-4-2-3-6(9)7(10)11;1-3(2)4/h6,8H,2-4H2,1H3,(H,10,11);1-2H3. The van der Waals surface area contributed by atoms with Gasteiger partial charge in [0.2, 0.25) is 0 Å². The molecule has 86 valence electrons. The monoisotopic (exact) mass is 214 g/mol. The highest BCUT2D eigenvalue weighted by atomic mass is 16.4. The smallest absolute Gasteiger partial charge is 0.326 e. The quantitative estimate of drug-likeness (QED) is 0.506. The molecule has 0 aromatic carbocycles. The van der Waals surface area contributed by atoms with Crippen LogP contribution in [0.1, 0.15) is 33.6 Å². The summed E-state index contributed by atoms with van der Waals surface area (Å²) >= 11 is 0. The summed E-state index contributed by atoms with van der Waals surface area (Å²) < 4.78 is 0. The van der Waals surface area contributed by atoms with Gasteiger partial charge in [0.15, 0.2) is 0 Å². The molecule has 1 heterocycles. The minimum atomic E-state index is -0.811. The van der Waals surface area contributed by atoms with Gasteiger partial charge >= 0.3 is 5.97 Å². The zero-order valence-electron chi connectivity index (χ0n) is 9.41. The number of carboxylic acids is 1. The molecule has 0 bridgehead atoms. The van der Waals surface area contributed by atoms with Gasteiger partial charge in [-0.25, -0.2) is 4.79 Å². The van der Waals surface area contributed by atoms with Crippen molar-refractivity contribution in [1.29, 1.82) is 5.41 Å². The Morgan fingerprint density at radius 2 is 1.80 bits per heavy atom. The lowest BCUT2D eigenvalue weighted by molar-refractivity contribution is -0.140. The molecular weight excluding hydrogens is 196 g/mol. The van der Waals surface area contributed by atoms with Crippen LogP contribution in [0.15, 0.2) is 0 Å². The summed E-state index contributed by atoms with van der Waals surface area (Å²) in [6, 6.07) is -0.451. The fourth-order valence-electron chi connectivity index (χ4n) is 1.42. The molecule has 0 spiro atoms. The Morgan fingerprint density at radius 3 is 2.07 bits per heavy atom. The number of hydrogen-bond acceptors (Lipinski definition) is 3. The van der Waals surface area contributed by atoms with E-state index in [0.29, 0.717) is 18.8 Å². The van der Waals surface area contributed by atoms with Crippen molar-refractivity contribution < 1.29 is 14.7 Å². The summed E-state index contributed by atoms with van der Waals surface area (Å²) in [4.78, 5) is 21.6. The number of rotatable bonds is 1. The molecule has 1 aliphatic rings. The van der Waals surface area contributed by atoms with E-state index in [1.54, 1.807) is 11.8 Å². The van der Waals surface area contributed by atoms with Gasteiger partial charge in [-0.15, -0.1) is 0 Å². The van der Waals surface area contributed by atoms with E-state index in [4.69, 9.17) is 10.5 Å². The van der Waals surface area contributed by atoms with Gasteiger partial charge in [-0.1, -0.05) is 0 Å². The van der Waals surface area contributed by atoms with E-state index in [0.717, 1.165) is 6.42 Å². The van der Waals surface area contributed by atoms with Crippen LogP contribution >= 0.6 is 0 Å². The minimum absolute atomic E-state index is 0.167. The van der Waals surface area contributed by atoms with Gasteiger partial charge in [-0.05, 0) is 33.6 Å². The second kappa shape index (κ2) is 6.16. The highest BCUT2D eigenvalue weighted by molar-refractivity contribution is 5.84. The fourth-order valence-corrected chi connectivity index (χ4v) is 1.42. The molecule has 1 aliphatic heterocycles. The van der Waals surface area contributed by atoms with E-state index < -0.39 is 12.0 Å². The van der Waals surface area contributed by atoms with Gasteiger partial charge < -0.3 is 14.8 Å². The average molecular weight is 214 g/mol. The lowest BCUT2D eigenvalue weighted by atomic mass is 10.2. The van der Waals surface area contributed by atoms with Crippen LogP contribution in [0.4, 0.5) is 0 Å². The number of Topliss-reactive ketones (excluding diaryl/α,β-unsaturated/α-hetero) is 1. The number of nitrogens with zero attached hydrogens (tertiary/aromatic N) is 1. The van der Waals surface area contributed by atoms with Gasteiger partial charge in [0.1, 0.15) is 11.8 Å². The minimum Gasteiger partial charge on any atom is -0.480 e. The number of aliphatic carboxylic acids is 1. The Hall–Kier alpha value is -1.39. The van der Waals surface area contributed by atoms with E-state index in [2.05, 4.69) is 0 Å². The first-order chi connectivity index (χ1) is 6.86. The SMILES string of the molecule is CC(=N)N1CCCC1C(=O)O.CC(C)=O.